The van der Waals surface area contributed by atoms with Gasteiger partial charge in [0.2, 0.25) is 0 Å². The molecule has 0 aliphatic heterocycles. The van der Waals surface area contributed by atoms with E-state index in [1.165, 1.54) is 57.8 Å². The number of hydrogen-bond acceptors (Lipinski definition) is 0. The smallest absolute Gasteiger partial charge is 0.00894 e. The van der Waals surface area contributed by atoms with Gasteiger partial charge in [0.15, 0.2) is 0 Å². The van der Waals surface area contributed by atoms with E-state index in [9.17, 15) is 0 Å². The highest BCUT2D eigenvalue weighted by Gasteiger charge is 2.34. The summed E-state index contributed by atoms with van der Waals surface area (Å²) >= 11 is 0. The maximum absolute atomic E-state index is 2.55. The van der Waals surface area contributed by atoms with Crippen LogP contribution in [0.15, 0.2) is 24.3 Å². The monoisotopic (exact) mass is 232 g/mol. The molecular formula is C17H28. The molecule has 0 heterocycles. The molecule has 0 radical (unpaired) electrons. The molecule has 96 valence electrons. The first-order chi connectivity index (χ1) is 8.37. The van der Waals surface area contributed by atoms with Gasteiger partial charge in [-0.3, -0.25) is 0 Å². The van der Waals surface area contributed by atoms with E-state index in [2.05, 4.69) is 31.2 Å². The van der Waals surface area contributed by atoms with Crippen LogP contribution in [0.4, 0.5) is 0 Å². The lowest BCUT2D eigenvalue weighted by Gasteiger charge is -2.40. The average molecular weight is 232 g/mol. The van der Waals surface area contributed by atoms with Crippen LogP contribution in [-0.2, 0) is 0 Å². The van der Waals surface area contributed by atoms with Gasteiger partial charge in [0.05, 0.1) is 0 Å². The van der Waals surface area contributed by atoms with Gasteiger partial charge in [-0.25, -0.2) is 0 Å². The van der Waals surface area contributed by atoms with Crippen molar-refractivity contribution in [2.45, 2.75) is 71.1 Å². The number of rotatable bonds is 5. The van der Waals surface area contributed by atoms with Gasteiger partial charge in [0.1, 0.15) is 0 Å². The third-order valence-electron chi connectivity index (χ3n) is 4.71. The van der Waals surface area contributed by atoms with Crippen LogP contribution in [0.3, 0.4) is 0 Å². The fourth-order valence-electron chi connectivity index (χ4n) is 3.67. The zero-order valence-electron chi connectivity index (χ0n) is 11.5. The zero-order valence-corrected chi connectivity index (χ0v) is 11.5. The van der Waals surface area contributed by atoms with E-state index in [-0.39, 0.29) is 0 Å². The van der Waals surface area contributed by atoms with Crippen LogP contribution in [0.2, 0.25) is 0 Å². The standard InChI is InChI=1S/C17H28/c1-2-3-8-13-17(14-9-5-10-15-17)16-11-6-4-7-12-16/h9-10,14-16H,2-8,11-13H2,1H3. The lowest BCUT2D eigenvalue weighted by Crippen LogP contribution is -2.29. The van der Waals surface area contributed by atoms with Crippen molar-refractivity contribution in [1.29, 1.82) is 0 Å². The molecule has 1 saturated carbocycles. The minimum atomic E-state index is 0.438. The Balaban J connectivity index is 2.02. The van der Waals surface area contributed by atoms with E-state index in [1.807, 2.05) is 0 Å². The second-order valence-electron chi connectivity index (χ2n) is 5.94. The summed E-state index contributed by atoms with van der Waals surface area (Å²) in [7, 11) is 0. The van der Waals surface area contributed by atoms with Crippen LogP contribution in [0.25, 0.3) is 0 Å². The predicted octanol–water partition coefficient (Wildman–Crippen LogP) is 5.65. The van der Waals surface area contributed by atoms with E-state index in [4.69, 9.17) is 0 Å². The molecule has 2 rings (SSSR count). The van der Waals surface area contributed by atoms with Crippen LogP contribution in [0.5, 0.6) is 0 Å². The van der Waals surface area contributed by atoms with Gasteiger partial charge in [-0.2, -0.15) is 0 Å². The summed E-state index contributed by atoms with van der Waals surface area (Å²) in [5.41, 5.74) is 0.438. The summed E-state index contributed by atoms with van der Waals surface area (Å²) < 4.78 is 0. The molecule has 17 heavy (non-hydrogen) atoms. The fraction of sp³-hybridized carbons (Fsp3) is 0.765. The van der Waals surface area contributed by atoms with Gasteiger partial charge in [-0.1, -0.05) is 69.8 Å². The number of hydrogen-bond donors (Lipinski definition) is 0. The highest BCUT2D eigenvalue weighted by Crippen LogP contribution is 2.45. The van der Waals surface area contributed by atoms with Gasteiger partial charge < -0.3 is 0 Å². The van der Waals surface area contributed by atoms with Gasteiger partial charge in [0.25, 0.3) is 0 Å². The third kappa shape index (κ3) is 3.24. The molecule has 0 N–H and O–H groups in total. The van der Waals surface area contributed by atoms with Crippen LogP contribution in [-0.4, -0.2) is 0 Å². The molecule has 1 fully saturated rings. The Morgan fingerprint density at radius 2 is 1.71 bits per heavy atom. The third-order valence-corrected chi connectivity index (χ3v) is 4.71. The highest BCUT2D eigenvalue weighted by molar-refractivity contribution is 5.19. The molecule has 0 atom stereocenters. The molecule has 0 bridgehead atoms. The van der Waals surface area contributed by atoms with Crippen LogP contribution in [0.1, 0.15) is 71.1 Å². The summed E-state index contributed by atoms with van der Waals surface area (Å²) in [5, 5.41) is 0. The molecule has 0 heteroatoms. The Bertz CT molecular complexity index is 254. The maximum Gasteiger partial charge on any atom is 0.00894 e. The zero-order chi connectivity index (χ0) is 12.0. The SMILES string of the molecule is CCCCCC1(C2CCCCC2)C=CCC=C1. The largest absolute Gasteiger partial charge is 0.0839 e. The highest BCUT2D eigenvalue weighted by atomic mass is 14.4. The summed E-state index contributed by atoms with van der Waals surface area (Å²) in [4.78, 5) is 0. The molecule has 0 nitrogen and oxygen atoms in total. The first-order valence-corrected chi connectivity index (χ1v) is 7.73. The fourth-order valence-corrected chi connectivity index (χ4v) is 3.67. The summed E-state index contributed by atoms with van der Waals surface area (Å²) in [5.74, 6) is 0.931. The maximum atomic E-state index is 2.55. The van der Waals surface area contributed by atoms with Gasteiger partial charge in [0, 0.05) is 5.41 Å². The average Bonchev–Trinajstić information content (AvgIpc) is 2.41. The summed E-state index contributed by atoms with van der Waals surface area (Å²) in [6.45, 7) is 2.31. The van der Waals surface area contributed by atoms with E-state index < -0.39 is 0 Å². The van der Waals surface area contributed by atoms with Crippen molar-refractivity contribution in [3.63, 3.8) is 0 Å². The Labute approximate surface area is 107 Å². The Kier molecular flexibility index (Phi) is 4.88. The van der Waals surface area contributed by atoms with E-state index in [0.717, 1.165) is 12.3 Å². The molecule has 0 aromatic heterocycles. The van der Waals surface area contributed by atoms with Crippen molar-refractivity contribution in [3.05, 3.63) is 24.3 Å². The molecule has 0 amide bonds. The lowest BCUT2D eigenvalue weighted by atomic mass is 9.65. The summed E-state index contributed by atoms with van der Waals surface area (Å²) in [6.07, 6.45) is 23.9. The van der Waals surface area contributed by atoms with Gasteiger partial charge >= 0.3 is 0 Å². The van der Waals surface area contributed by atoms with Crippen molar-refractivity contribution in [2.24, 2.45) is 11.3 Å². The molecular weight excluding hydrogens is 204 g/mol. The Morgan fingerprint density at radius 1 is 1.00 bits per heavy atom. The molecule has 0 aromatic rings. The van der Waals surface area contributed by atoms with Crippen molar-refractivity contribution >= 4 is 0 Å². The van der Waals surface area contributed by atoms with Gasteiger partial charge in [-0.05, 0) is 31.6 Å². The number of unbranched alkanes of at least 4 members (excludes halogenated alkanes) is 2. The predicted molar refractivity (Wildman–Crippen MR) is 76.0 cm³/mol. The molecule has 0 aromatic carbocycles. The first kappa shape index (κ1) is 12.9. The topological polar surface area (TPSA) is 0 Å². The summed E-state index contributed by atoms with van der Waals surface area (Å²) in [6, 6.07) is 0. The molecule has 0 unspecified atom stereocenters. The van der Waals surface area contributed by atoms with E-state index in [1.54, 1.807) is 0 Å². The number of allylic oxidation sites excluding steroid dienone is 4. The van der Waals surface area contributed by atoms with Crippen molar-refractivity contribution in [3.8, 4) is 0 Å². The molecule has 0 saturated heterocycles. The van der Waals surface area contributed by atoms with Crippen molar-refractivity contribution < 1.29 is 0 Å². The van der Waals surface area contributed by atoms with Crippen molar-refractivity contribution in [1.82, 2.24) is 0 Å². The van der Waals surface area contributed by atoms with E-state index in [0.29, 0.717) is 5.41 Å². The normalized spacial score (nSPS) is 24.1. The van der Waals surface area contributed by atoms with Crippen LogP contribution < -0.4 is 0 Å². The lowest BCUT2D eigenvalue weighted by molar-refractivity contribution is 0.201. The van der Waals surface area contributed by atoms with Gasteiger partial charge in [-0.15, -0.1) is 0 Å². The molecule has 2 aliphatic rings. The second-order valence-corrected chi connectivity index (χ2v) is 5.94. The minimum Gasteiger partial charge on any atom is -0.0839 e. The first-order valence-electron chi connectivity index (χ1n) is 7.73. The van der Waals surface area contributed by atoms with Crippen molar-refractivity contribution in [2.75, 3.05) is 0 Å². The molecule has 0 spiro atoms. The molecule has 2 aliphatic carbocycles. The Morgan fingerprint density at radius 3 is 2.35 bits per heavy atom. The van der Waals surface area contributed by atoms with Crippen LogP contribution in [0, 0.1) is 11.3 Å². The second kappa shape index (κ2) is 6.42. The Hall–Kier alpha value is -0.520. The van der Waals surface area contributed by atoms with E-state index >= 15 is 0 Å². The van der Waals surface area contributed by atoms with Crippen LogP contribution >= 0.6 is 0 Å². The minimum absolute atomic E-state index is 0.438. The quantitative estimate of drug-likeness (QED) is 0.424.